The highest BCUT2D eigenvalue weighted by Crippen LogP contribution is 2.29. The van der Waals surface area contributed by atoms with Gasteiger partial charge in [0.15, 0.2) is 0 Å². The summed E-state index contributed by atoms with van der Waals surface area (Å²) in [7, 11) is 0. The van der Waals surface area contributed by atoms with Crippen LogP contribution in [-0.4, -0.2) is 0 Å². The van der Waals surface area contributed by atoms with Gasteiger partial charge in [-0.15, -0.1) is 0 Å². The lowest BCUT2D eigenvalue weighted by Crippen LogP contribution is -2.18. The molecule has 1 aromatic carbocycles. The van der Waals surface area contributed by atoms with Gasteiger partial charge in [-0.3, -0.25) is 0 Å². The van der Waals surface area contributed by atoms with Crippen molar-refractivity contribution in [2.24, 2.45) is 0 Å². The van der Waals surface area contributed by atoms with E-state index in [9.17, 15) is 4.39 Å². The molecule has 1 heterocycles. The van der Waals surface area contributed by atoms with E-state index in [0.717, 1.165) is 12.1 Å². The number of halogens is 3. The quantitative estimate of drug-likeness (QED) is 0.749. The molecule has 2 rings (SSSR count). The van der Waals surface area contributed by atoms with E-state index in [4.69, 9.17) is 23.2 Å². The summed E-state index contributed by atoms with van der Waals surface area (Å²) in [6.07, 6.45) is 0. The van der Waals surface area contributed by atoms with Gasteiger partial charge in [0.2, 0.25) is 0 Å². The molecular formula is C14H14Cl2FNS. The van der Waals surface area contributed by atoms with Gasteiger partial charge in [-0.1, -0.05) is 23.2 Å². The molecule has 0 saturated carbocycles. The first-order valence-corrected chi connectivity index (χ1v) is 7.58. The molecule has 0 fully saturated rings. The third-order valence-electron chi connectivity index (χ3n) is 3.07. The van der Waals surface area contributed by atoms with E-state index in [1.54, 1.807) is 11.3 Å². The van der Waals surface area contributed by atoms with Crippen LogP contribution in [0.5, 0.6) is 0 Å². The van der Waals surface area contributed by atoms with Crippen LogP contribution in [0.4, 0.5) is 4.39 Å². The molecule has 0 bridgehead atoms. The topological polar surface area (TPSA) is 12.0 Å². The molecule has 5 heteroatoms. The molecule has 1 atom stereocenters. The SMILES string of the molecule is Cc1cscc1CNC(C)c1cc(F)c(Cl)cc1Cl. The number of rotatable bonds is 4. The van der Waals surface area contributed by atoms with Crippen molar-refractivity contribution in [1.82, 2.24) is 5.32 Å². The Hall–Kier alpha value is -0.610. The van der Waals surface area contributed by atoms with E-state index in [-0.39, 0.29) is 11.1 Å². The van der Waals surface area contributed by atoms with Crippen molar-refractivity contribution in [3.05, 3.63) is 55.4 Å². The van der Waals surface area contributed by atoms with Crippen molar-refractivity contribution in [3.8, 4) is 0 Å². The molecule has 0 aliphatic rings. The third-order valence-corrected chi connectivity index (χ3v) is 4.59. The molecule has 2 aromatic rings. The summed E-state index contributed by atoms with van der Waals surface area (Å²) in [4.78, 5) is 0. The first kappa shape index (κ1) is 14.8. The molecule has 0 radical (unpaired) electrons. The summed E-state index contributed by atoms with van der Waals surface area (Å²) in [5, 5.41) is 8.09. The maximum atomic E-state index is 13.5. The normalized spacial score (nSPS) is 12.7. The molecule has 0 aliphatic heterocycles. The van der Waals surface area contributed by atoms with Gasteiger partial charge in [-0.2, -0.15) is 11.3 Å². The molecule has 1 unspecified atom stereocenters. The minimum Gasteiger partial charge on any atom is -0.306 e. The van der Waals surface area contributed by atoms with Crippen LogP contribution in [0.1, 0.15) is 29.7 Å². The Morgan fingerprint density at radius 3 is 2.63 bits per heavy atom. The molecule has 0 amide bonds. The van der Waals surface area contributed by atoms with Gasteiger partial charge in [-0.05, 0) is 53.4 Å². The lowest BCUT2D eigenvalue weighted by molar-refractivity contribution is 0.565. The summed E-state index contributed by atoms with van der Waals surface area (Å²) in [6, 6.07) is 2.79. The highest BCUT2D eigenvalue weighted by Gasteiger charge is 2.13. The second-order valence-corrected chi connectivity index (χ2v) is 6.03. The van der Waals surface area contributed by atoms with Gasteiger partial charge in [0.05, 0.1) is 5.02 Å². The van der Waals surface area contributed by atoms with Gasteiger partial charge in [0.25, 0.3) is 0 Å². The van der Waals surface area contributed by atoms with E-state index in [0.29, 0.717) is 5.02 Å². The van der Waals surface area contributed by atoms with Crippen molar-refractivity contribution < 1.29 is 4.39 Å². The van der Waals surface area contributed by atoms with E-state index in [1.807, 2.05) is 6.92 Å². The Morgan fingerprint density at radius 2 is 2.00 bits per heavy atom. The zero-order valence-corrected chi connectivity index (χ0v) is 13.0. The molecule has 19 heavy (non-hydrogen) atoms. The fourth-order valence-electron chi connectivity index (χ4n) is 1.81. The number of hydrogen-bond acceptors (Lipinski definition) is 2. The lowest BCUT2D eigenvalue weighted by Gasteiger charge is -2.16. The molecule has 0 spiro atoms. The Kier molecular flexibility index (Phi) is 4.85. The summed E-state index contributed by atoms with van der Waals surface area (Å²) < 4.78 is 13.5. The number of hydrogen-bond donors (Lipinski definition) is 1. The van der Waals surface area contributed by atoms with Crippen LogP contribution in [0.25, 0.3) is 0 Å². The zero-order chi connectivity index (χ0) is 14.0. The second kappa shape index (κ2) is 6.23. The average molecular weight is 318 g/mol. The standard InChI is InChI=1S/C14H14Cl2FNS/c1-8-6-19-7-10(8)5-18-9(2)11-3-14(17)13(16)4-12(11)15/h3-4,6-7,9,18H,5H2,1-2H3. The fraction of sp³-hybridized carbons (Fsp3) is 0.286. The Labute approximate surface area is 126 Å². The molecule has 102 valence electrons. The minimum absolute atomic E-state index is 0.0430. The van der Waals surface area contributed by atoms with E-state index in [1.165, 1.54) is 23.3 Å². The highest BCUT2D eigenvalue weighted by molar-refractivity contribution is 7.08. The molecule has 1 N–H and O–H groups in total. The van der Waals surface area contributed by atoms with Crippen molar-refractivity contribution in [2.45, 2.75) is 26.4 Å². The first-order valence-electron chi connectivity index (χ1n) is 5.88. The van der Waals surface area contributed by atoms with Crippen LogP contribution in [0.2, 0.25) is 10.0 Å². The summed E-state index contributed by atoms with van der Waals surface area (Å²) in [6.45, 7) is 4.76. The van der Waals surface area contributed by atoms with E-state index < -0.39 is 5.82 Å². The molecule has 0 saturated heterocycles. The van der Waals surface area contributed by atoms with Crippen LogP contribution in [-0.2, 0) is 6.54 Å². The van der Waals surface area contributed by atoms with Crippen LogP contribution in [0, 0.1) is 12.7 Å². The van der Waals surface area contributed by atoms with Crippen molar-refractivity contribution >= 4 is 34.5 Å². The van der Waals surface area contributed by atoms with Crippen LogP contribution < -0.4 is 5.32 Å². The predicted molar refractivity (Wildman–Crippen MR) is 80.7 cm³/mol. The van der Waals surface area contributed by atoms with Crippen LogP contribution in [0.3, 0.4) is 0 Å². The maximum Gasteiger partial charge on any atom is 0.142 e. The largest absolute Gasteiger partial charge is 0.306 e. The summed E-state index contributed by atoms with van der Waals surface area (Å²) in [5.74, 6) is -0.443. The van der Waals surface area contributed by atoms with Gasteiger partial charge in [-0.25, -0.2) is 4.39 Å². The van der Waals surface area contributed by atoms with Crippen molar-refractivity contribution in [3.63, 3.8) is 0 Å². The maximum absolute atomic E-state index is 13.5. The number of aryl methyl sites for hydroxylation is 1. The van der Waals surface area contributed by atoms with Gasteiger partial charge in [0, 0.05) is 17.6 Å². The van der Waals surface area contributed by atoms with Gasteiger partial charge >= 0.3 is 0 Å². The summed E-state index contributed by atoms with van der Waals surface area (Å²) in [5.41, 5.74) is 3.23. The minimum atomic E-state index is -0.443. The smallest absolute Gasteiger partial charge is 0.142 e. The van der Waals surface area contributed by atoms with Gasteiger partial charge in [0.1, 0.15) is 5.82 Å². The Bertz CT molecular complexity index is 583. The lowest BCUT2D eigenvalue weighted by atomic mass is 10.1. The Balaban J connectivity index is 2.10. The van der Waals surface area contributed by atoms with Crippen LogP contribution >= 0.6 is 34.5 Å². The first-order chi connectivity index (χ1) is 8.99. The van der Waals surface area contributed by atoms with E-state index >= 15 is 0 Å². The predicted octanol–water partition coefficient (Wildman–Crippen LogP) is 5.35. The fourth-order valence-corrected chi connectivity index (χ4v) is 3.21. The van der Waals surface area contributed by atoms with Crippen molar-refractivity contribution in [1.29, 1.82) is 0 Å². The highest BCUT2D eigenvalue weighted by atomic mass is 35.5. The third kappa shape index (κ3) is 3.48. The van der Waals surface area contributed by atoms with Crippen LogP contribution in [0.15, 0.2) is 22.9 Å². The van der Waals surface area contributed by atoms with Gasteiger partial charge < -0.3 is 5.32 Å². The number of nitrogens with one attached hydrogen (secondary N) is 1. The average Bonchev–Trinajstić information content (AvgIpc) is 2.76. The molecule has 1 aromatic heterocycles. The number of benzene rings is 1. The number of thiophene rings is 1. The molecule has 1 nitrogen and oxygen atoms in total. The molecule has 0 aliphatic carbocycles. The van der Waals surface area contributed by atoms with E-state index in [2.05, 4.69) is 23.0 Å². The van der Waals surface area contributed by atoms with Crippen molar-refractivity contribution in [2.75, 3.05) is 0 Å². The second-order valence-electron chi connectivity index (χ2n) is 4.47. The zero-order valence-electron chi connectivity index (χ0n) is 10.6. The Morgan fingerprint density at radius 1 is 1.26 bits per heavy atom. The summed E-state index contributed by atoms with van der Waals surface area (Å²) >= 11 is 13.5. The molecular weight excluding hydrogens is 304 g/mol. The monoisotopic (exact) mass is 317 g/mol.